The molecule has 1 nitrogen and oxygen atoms in total. The van der Waals surface area contributed by atoms with Gasteiger partial charge in [0.25, 0.3) is 0 Å². The third-order valence-corrected chi connectivity index (χ3v) is 2.39. The maximum Gasteiger partial charge on any atom is 0.0174 e. The van der Waals surface area contributed by atoms with Crippen LogP contribution in [0.3, 0.4) is 0 Å². The molecular weight excluding hydrogens is 182 g/mol. The smallest absolute Gasteiger partial charge is 0.0174 e. The van der Waals surface area contributed by atoms with Gasteiger partial charge in [-0.25, -0.2) is 0 Å². The van der Waals surface area contributed by atoms with Crippen LogP contribution >= 0.6 is 0 Å². The molecule has 0 saturated carbocycles. The minimum Gasteiger partial charge on any atom is -0.291 e. The fourth-order valence-electron chi connectivity index (χ4n) is 1.21. The van der Waals surface area contributed by atoms with Crippen molar-refractivity contribution in [3.63, 3.8) is 0 Å². The predicted octanol–water partition coefficient (Wildman–Crippen LogP) is 4.02. The summed E-state index contributed by atoms with van der Waals surface area (Å²) in [4.78, 5) is 2.48. The van der Waals surface area contributed by atoms with Gasteiger partial charge in [0, 0.05) is 18.6 Å². The van der Waals surface area contributed by atoms with E-state index in [0.29, 0.717) is 0 Å². The molecule has 0 aromatic rings. The molecule has 0 fully saturated rings. The average molecular weight is 209 g/mol. The van der Waals surface area contributed by atoms with E-state index in [0.717, 1.165) is 13.1 Å². The highest BCUT2D eigenvalue weighted by Gasteiger charge is 2.18. The Kier molecular flexibility index (Phi) is 5.89. The Labute approximate surface area is 95.9 Å². The van der Waals surface area contributed by atoms with E-state index in [1.165, 1.54) is 11.1 Å². The first-order valence-corrected chi connectivity index (χ1v) is 5.75. The second-order valence-electron chi connectivity index (χ2n) is 5.64. The van der Waals surface area contributed by atoms with E-state index >= 15 is 0 Å². The largest absolute Gasteiger partial charge is 0.291 e. The number of allylic oxidation sites excluding steroid dienone is 2. The third-order valence-electron chi connectivity index (χ3n) is 2.39. The van der Waals surface area contributed by atoms with E-state index in [4.69, 9.17) is 0 Å². The molecule has 0 heterocycles. The van der Waals surface area contributed by atoms with Crippen LogP contribution < -0.4 is 0 Å². The summed E-state index contributed by atoms with van der Waals surface area (Å²) in [6, 6.07) is 0. The summed E-state index contributed by atoms with van der Waals surface area (Å²) in [6.07, 6.45) is 4.59. The normalized spacial score (nSPS) is 11.5. The number of nitrogens with zero attached hydrogens (tertiary/aromatic N) is 1. The molecule has 0 unspecified atom stereocenters. The SMILES string of the molecule is CC(C)=CCN(CC=C(C)C)C(C)(C)C. The molecule has 0 spiro atoms. The van der Waals surface area contributed by atoms with Crippen molar-refractivity contribution >= 4 is 0 Å². The van der Waals surface area contributed by atoms with Crippen LogP contribution in [0.25, 0.3) is 0 Å². The van der Waals surface area contributed by atoms with Crippen molar-refractivity contribution in [2.24, 2.45) is 0 Å². The maximum atomic E-state index is 2.48. The lowest BCUT2D eigenvalue weighted by molar-refractivity contribution is 0.172. The molecule has 0 saturated heterocycles. The van der Waals surface area contributed by atoms with E-state index in [-0.39, 0.29) is 5.54 Å². The molecule has 0 bridgehead atoms. The van der Waals surface area contributed by atoms with E-state index in [1.54, 1.807) is 0 Å². The monoisotopic (exact) mass is 209 g/mol. The zero-order valence-electron chi connectivity index (χ0n) is 11.5. The Hall–Kier alpha value is -0.560. The van der Waals surface area contributed by atoms with Gasteiger partial charge < -0.3 is 0 Å². The molecule has 0 aliphatic carbocycles. The first-order chi connectivity index (χ1) is 6.73. The highest BCUT2D eigenvalue weighted by Crippen LogP contribution is 2.13. The standard InChI is InChI=1S/C14H27N/c1-12(2)8-10-15(14(5,6)7)11-9-13(3)4/h8-9H,10-11H2,1-7H3. The molecule has 1 heteroatoms. The molecule has 0 amide bonds. The van der Waals surface area contributed by atoms with Crippen molar-refractivity contribution in [2.45, 2.75) is 54.0 Å². The second kappa shape index (κ2) is 6.12. The van der Waals surface area contributed by atoms with Crippen molar-refractivity contribution < 1.29 is 0 Å². The zero-order chi connectivity index (χ0) is 12.1. The van der Waals surface area contributed by atoms with Crippen molar-refractivity contribution in [1.82, 2.24) is 4.90 Å². The highest BCUT2D eigenvalue weighted by molar-refractivity contribution is 5.00. The molecule has 0 aliphatic rings. The Balaban J connectivity index is 4.47. The lowest BCUT2D eigenvalue weighted by Crippen LogP contribution is -2.41. The summed E-state index contributed by atoms with van der Waals surface area (Å²) in [7, 11) is 0. The summed E-state index contributed by atoms with van der Waals surface area (Å²) in [5.74, 6) is 0. The van der Waals surface area contributed by atoms with E-state index in [9.17, 15) is 0 Å². The van der Waals surface area contributed by atoms with Crippen LogP contribution in [0.15, 0.2) is 23.3 Å². The summed E-state index contributed by atoms with van der Waals surface area (Å²) in [5, 5.41) is 0. The highest BCUT2D eigenvalue weighted by atomic mass is 15.2. The molecular formula is C14H27N. The molecule has 0 aliphatic heterocycles. The fraction of sp³-hybridized carbons (Fsp3) is 0.714. The average Bonchev–Trinajstić information content (AvgIpc) is 2.00. The first kappa shape index (κ1) is 14.4. The minimum absolute atomic E-state index is 0.234. The summed E-state index contributed by atoms with van der Waals surface area (Å²) < 4.78 is 0. The lowest BCUT2D eigenvalue weighted by atomic mass is 10.1. The van der Waals surface area contributed by atoms with E-state index in [2.05, 4.69) is 65.5 Å². The van der Waals surface area contributed by atoms with Crippen molar-refractivity contribution in [2.75, 3.05) is 13.1 Å². The number of hydrogen-bond donors (Lipinski definition) is 0. The Bertz CT molecular complexity index is 213. The van der Waals surface area contributed by atoms with Crippen LogP contribution in [0, 0.1) is 0 Å². The second-order valence-corrected chi connectivity index (χ2v) is 5.64. The van der Waals surface area contributed by atoms with E-state index in [1.807, 2.05) is 0 Å². The molecule has 15 heavy (non-hydrogen) atoms. The number of hydrogen-bond acceptors (Lipinski definition) is 1. The summed E-state index contributed by atoms with van der Waals surface area (Å²) >= 11 is 0. The quantitative estimate of drug-likeness (QED) is 0.632. The predicted molar refractivity (Wildman–Crippen MR) is 70.2 cm³/mol. The third kappa shape index (κ3) is 7.38. The van der Waals surface area contributed by atoms with Crippen LogP contribution in [0.1, 0.15) is 48.5 Å². The zero-order valence-corrected chi connectivity index (χ0v) is 11.5. The van der Waals surface area contributed by atoms with Crippen molar-refractivity contribution in [1.29, 1.82) is 0 Å². The van der Waals surface area contributed by atoms with Crippen LogP contribution in [-0.2, 0) is 0 Å². The van der Waals surface area contributed by atoms with Gasteiger partial charge in [0.05, 0.1) is 0 Å². The van der Waals surface area contributed by atoms with Gasteiger partial charge in [0.1, 0.15) is 0 Å². The van der Waals surface area contributed by atoms with Crippen LogP contribution in [0.5, 0.6) is 0 Å². The van der Waals surface area contributed by atoms with Gasteiger partial charge in [-0.3, -0.25) is 4.90 Å². The Morgan fingerprint density at radius 1 is 0.867 bits per heavy atom. The van der Waals surface area contributed by atoms with Crippen LogP contribution in [0.4, 0.5) is 0 Å². The van der Waals surface area contributed by atoms with Crippen molar-refractivity contribution in [3.05, 3.63) is 23.3 Å². The van der Waals surface area contributed by atoms with Crippen molar-refractivity contribution in [3.8, 4) is 0 Å². The molecule has 0 aromatic heterocycles. The Morgan fingerprint density at radius 3 is 1.40 bits per heavy atom. The van der Waals surface area contributed by atoms with Gasteiger partial charge in [0.15, 0.2) is 0 Å². The molecule has 0 aromatic carbocycles. The number of rotatable bonds is 4. The molecule has 0 N–H and O–H groups in total. The summed E-state index contributed by atoms with van der Waals surface area (Å²) in [6.45, 7) is 17.5. The Morgan fingerprint density at radius 2 is 1.20 bits per heavy atom. The van der Waals surface area contributed by atoms with Crippen LogP contribution in [0.2, 0.25) is 0 Å². The molecule has 0 radical (unpaired) electrons. The van der Waals surface area contributed by atoms with Gasteiger partial charge in [0.2, 0.25) is 0 Å². The topological polar surface area (TPSA) is 3.24 Å². The van der Waals surface area contributed by atoms with Gasteiger partial charge in [-0.15, -0.1) is 0 Å². The fourth-order valence-corrected chi connectivity index (χ4v) is 1.21. The van der Waals surface area contributed by atoms with E-state index < -0.39 is 0 Å². The summed E-state index contributed by atoms with van der Waals surface area (Å²) in [5.41, 5.74) is 3.01. The van der Waals surface area contributed by atoms with Gasteiger partial charge >= 0.3 is 0 Å². The van der Waals surface area contributed by atoms with Gasteiger partial charge in [-0.05, 0) is 48.5 Å². The first-order valence-electron chi connectivity index (χ1n) is 5.75. The molecule has 0 atom stereocenters. The molecule has 88 valence electrons. The minimum atomic E-state index is 0.234. The van der Waals surface area contributed by atoms with Gasteiger partial charge in [-0.2, -0.15) is 0 Å². The molecule has 0 rings (SSSR count). The van der Waals surface area contributed by atoms with Crippen LogP contribution in [-0.4, -0.2) is 23.5 Å². The van der Waals surface area contributed by atoms with Gasteiger partial charge in [-0.1, -0.05) is 23.3 Å². The lowest BCUT2D eigenvalue weighted by Gasteiger charge is -2.34. The maximum absolute atomic E-state index is 2.48.